The molecule has 4 heteroatoms. The monoisotopic (exact) mass is 420 g/mol. The van der Waals surface area contributed by atoms with Gasteiger partial charge in [-0.3, -0.25) is 4.79 Å². The summed E-state index contributed by atoms with van der Waals surface area (Å²) in [5, 5.41) is 0. The molecular formula is C27H36N2O2. The summed E-state index contributed by atoms with van der Waals surface area (Å²) in [6, 6.07) is 11.0. The van der Waals surface area contributed by atoms with E-state index in [1.165, 1.54) is 37.7 Å². The number of nitrogens with two attached hydrogens (primary N) is 1. The van der Waals surface area contributed by atoms with Crippen LogP contribution in [0.15, 0.2) is 35.3 Å². The summed E-state index contributed by atoms with van der Waals surface area (Å²) in [5.41, 5.74) is 7.10. The van der Waals surface area contributed by atoms with Crippen molar-refractivity contribution in [3.63, 3.8) is 0 Å². The van der Waals surface area contributed by atoms with E-state index < -0.39 is 0 Å². The van der Waals surface area contributed by atoms with Crippen LogP contribution in [-0.2, 0) is 14.9 Å². The van der Waals surface area contributed by atoms with Crippen molar-refractivity contribution in [2.75, 3.05) is 6.54 Å². The van der Waals surface area contributed by atoms with E-state index in [1.54, 1.807) is 0 Å². The summed E-state index contributed by atoms with van der Waals surface area (Å²) in [4.78, 5) is 18.4. The molecular weight excluding hydrogens is 384 g/mol. The molecule has 0 saturated heterocycles. The van der Waals surface area contributed by atoms with Crippen LogP contribution in [0.1, 0.15) is 69.8 Å². The van der Waals surface area contributed by atoms with Crippen molar-refractivity contribution in [2.24, 2.45) is 39.8 Å². The topological polar surface area (TPSA) is 64.7 Å². The Morgan fingerprint density at radius 3 is 2.55 bits per heavy atom. The maximum Gasteiger partial charge on any atom is 0.251 e. The molecule has 1 aromatic carbocycles. The molecule has 166 valence electrons. The molecule has 4 nitrogen and oxygen atoms in total. The maximum atomic E-state index is 13.7. The highest BCUT2D eigenvalue weighted by Crippen LogP contribution is 2.72. The van der Waals surface area contributed by atoms with Crippen molar-refractivity contribution in [1.29, 1.82) is 0 Å². The van der Waals surface area contributed by atoms with Gasteiger partial charge in [0.2, 0.25) is 0 Å². The van der Waals surface area contributed by atoms with Crippen LogP contribution in [0.4, 0.5) is 0 Å². The van der Waals surface area contributed by atoms with Crippen molar-refractivity contribution in [1.82, 2.24) is 0 Å². The number of ether oxygens (including phenoxy) is 1. The molecule has 5 unspecified atom stereocenters. The van der Waals surface area contributed by atoms with E-state index in [0.717, 1.165) is 38.6 Å². The number of hydrogen-bond acceptors (Lipinski definition) is 3. The number of rotatable bonds is 6. The Hall–Kier alpha value is -1.52. The molecule has 0 aromatic heterocycles. The number of hydrogen-bond donors (Lipinski definition) is 1. The summed E-state index contributed by atoms with van der Waals surface area (Å²) in [5.74, 6) is 2.10. The minimum atomic E-state index is -0.302. The highest BCUT2D eigenvalue weighted by molar-refractivity contribution is 5.91. The third kappa shape index (κ3) is 3.33. The van der Waals surface area contributed by atoms with E-state index in [0.29, 0.717) is 29.8 Å². The lowest BCUT2D eigenvalue weighted by atomic mass is 9.63. The lowest BCUT2D eigenvalue weighted by molar-refractivity contribution is -0.130. The van der Waals surface area contributed by atoms with Gasteiger partial charge in [0.15, 0.2) is 0 Å². The lowest BCUT2D eigenvalue weighted by Crippen LogP contribution is -2.39. The zero-order valence-corrected chi connectivity index (χ0v) is 18.5. The average Bonchev–Trinajstić information content (AvgIpc) is 3.56. The fraction of sp³-hybridized carbons (Fsp3) is 0.704. The van der Waals surface area contributed by atoms with Gasteiger partial charge in [-0.15, -0.1) is 0 Å². The highest BCUT2D eigenvalue weighted by Gasteiger charge is 2.71. The fourth-order valence-electron chi connectivity index (χ4n) is 7.79. The van der Waals surface area contributed by atoms with E-state index in [4.69, 9.17) is 10.5 Å². The predicted molar refractivity (Wildman–Crippen MR) is 122 cm³/mol. The zero-order chi connectivity index (χ0) is 21.1. The molecule has 0 spiro atoms. The second-order valence-corrected chi connectivity index (χ2v) is 11.4. The van der Waals surface area contributed by atoms with Gasteiger partial charge in [-0.1, -0.05) is 30.3 Å². The van der Waals surface area contributed by atoms with Gasteiger partial charge in [-0.25, -0.2) is 4.99 Å². The Labute approximate surface area is 186 Å². The van der Waals surface area contributed by atoms with E-state index in [2.05, 4.69) is 35.3 Å². The van der Waals surface area contributed by atoms with Crippen molar-refractivity contribution in [3.8, 4) is 0 Å². The van der Waals surface area contributed by atoms with Crippen LogP contribution >= 0.6 is 0 Å². The molecule has 6 saturated carbocycles. The van der Waals surface area contributed by atoms with Gasteiger partial charge in [0, 0.05) is 12.1 Å². The first-order valence-electron chi connectivity index (χ1n) is 12.6. The maximum absolute atomic E-state index is 13.7. The predicted octanol–water partition coefficient (Wildman–Crippen LogP) is 4.65. The first-order valence-corrected chi connectivity index (χ1v) is 12.6. The highest BCUT2D eigenvalue weighted by atomic mass is 16.5. The van der Waals surface area contributed by atoms with Crippen LogP contribution in [-0.4, -0.2) is 30.9 Å². The van der Waals surface area contributed by atoms with Crippen LogP contribution in [0.3, 0.4) is 0 Å². The standard InChI is InChI=1S/C27H36N2O2/c28-15-18-6-8-19(9-7-18)16-29-25(30)27-13-20-12-26(17-27,21-4-2-1-3-5-21)14-23(27)24(20)31-22-10-11-22/h1-5,16,18-20,22-24H,6-15,17,28H2/b29-16+. The number of benzene rings is 1. The quantitative estimate of drug-likeness (QED) is 0.681. The van der Waals surface area contributed by atoms with Gasteiger partial charge < -0.3 is 10.5 Å². The number of carbonyl (C=O) groups excluding carboxylic acids is 1. The Morgan fingerprint density at radius 1 is 1.06 bits per heavy atom. The summed E-state index contributed by atoms with van der Waals surface area (Å²) in [6.45, 7) is 0.791. The molecule has 1 amide bonds. The van der Waals surface area contributed by atoms with E-state index >= 15 is 0 Å². The normalized spacial score (nSPS) is 43.7. The SMILES string of the molecule is NCC1CCC(/C=N/C(=O)C23CC4CC(c5ccccc5)(CC2C4OC2CC2)C3)CC1. The van der Waals surface area contributed by atoms with Crippen molar-refractivity contribution >= 4 is 12.1 Å². The number of carbonyl (C=O) groups is 1. The smallest absolute Gasteiger partial charge is 0.251 e. The molecule has 6 fully saturated rings. The van der Waals surface area contributed by atoms with Crippen LogP contribution in [0.5, 0.6) is 0 Å². The number of aliphatic imine (C=N–C) groups is 1. The molecule has 0 aliphatic heterocycles. The van der Waals surface area contributed by atoms with Gasteiger partial charge in [0.05, 0.1) is 17.6 Å². The summed E-state index contributed by atoms with van der Waals surface area (Å²) in [6.07, 6.45) is 13.9. The Bertz CT molecular complexity index is 857. The third-order valence-corrected chi connectivity index (χ3v) is 9.43. The molecule has 2 N–H and O–H groups in total. The molecule has 31 heavy (non-hydrogen) atoms. The lowest BCUT2D eigenvalue weighted by Gasteiger charge is -2.42. The molecule has 0 radical (unpaired) electrons. The van der Waals surface area contributed by atoms with Crippen molar-refractivity contribution < 1.29 is 9.53 Å². The fourth-order valence-corrected chi connectivity index (χ4v) is 7.79. The van der Waals surface area contributed by atoms with Crippen LogP contribution in [0.25, 0.3) is 0 Å². The van der Waals surface area contributed by atoms with Crippen molar-refractivity contribution in [2.45, 2.75) is 81.8 Å². The van der Waals surface area contributed by atoms with E-state index in [1.807, 2.05) is 6.21 Å². The van der Waals surface area contributed by atoms with Gasteiger partial charge in [-0.05, 0) is 99.5 Å². The Kier molecular flexibility index (Phi) is 4.88. The molecule has 1 aromatic rings. The summed E-state index contributed by atoms with van der Waals surface area (Å²) < 4.78 is 6.55. The minimum Gasteiger partial charge on any atom is -0.374 e. The first-order chi connectivity index (χ1) is 15.1. The Morgan fingerprint density at radius 2 is 1.84 bits per heavy atom. The molecule has 5 atom stereocenters. The summed E-state index contributed by atoms with van der Waals surface area (Å²) in [7, 11) is 0. The largest absolute Gasteiger partial charge is 0.374 e. The molecule has 7 rings (SSSR count). The van der Waals surface area contributed by atoms with Crippen LogP contribution in [0.2, 0.25) is 0 Å². The Balaban J connectivity index is 1.25. The molecule has 6 aliphatic rings. The molecule has 4 bridgehead atoms. The molecule has 0 heterocycles. The van der Waals surface area contributed by atoms with E-state index in [9.17, 15) is 4.79 Å². The first kappa shape index (κ1) is 20.1. The van der Waals surface area contributed by atoms with Gasteiger partial charge >= 0.3 is 0 Å². The summed E-state index contributed by atoms with van der Waals surface area (Å²) >= 11 is 0. The third-order valence-electron chi connectivity index (χ3n) is 9.43. The molecule has 6 aliphatic carbocycles. The van der Waals surface area contributed by atoms with E-state index in [-0.39, 0.29) is 22.8 Å². The van der Waals surface area contributed by atoms with Crippen LogP contribution in [0, 0.1) is 29.1 Å². The second-order valence-electron chi connectivity index (χ2n) is 11.4. The van der Waals surface area contributed by atoms with Crippen LogP contribution < -0.4 is 5.73 Å². The average molecular weight is 421 g/mol. The van der Waals surface area contributed by atoms with Gasteiger partial charge in [0.25, 0.3) is 5.91 Å². The number of nitrogens with zero attached hydrogens (tertiary/aromatic N) is 1. The number of amides is 1. The van der Waals surface area contributed by atoms with Gasteiger partial charge in [0.1, 0.15) is 0 Å². The second kappa shape index (κ2) is 7.52. The minimum absolute atomic E-state index is 0.141. The van der Waals surface area contributed by atoms with Gasteiger partial charge in [-0.2, -0.15) is 0 Å². The zero-order valence-electron chi connectivity index (χ0n) is 18.5. The van der Waals surface area contributed by atoms with Crippen molar-refractivity contribution in [3.05, 3.63) is 35.9 Å².